The smallest absolute Gasteiger partial charge is 0.253 e. The van der Waals surface area contributed by atoms with Gasteiger partial charge in [0.25, 0.3) is 5.91 Å². The Labute approximate surface area is 124 Å². The number of hydrogen-bond acceptors (Lipinski definition) is 3. The third kappa shape index (κ3) is 3.55. The molecule has 3 N–H and O–H groups in total. The Balaban J connectivity index is 2.09. The minimum atomic E-state index is -0.662. The molecule has 2 rings (SSSR count). The topological polar surface area (TPSA) is 66.6 Å². The number of rotatable bonds is 2. The van der Waals surface area contributed by atoms with Crippen LogP contribution in [0.4, 0.5) is 0 Å². The van der Waals surface area contributed by atoms with Gasteiger partial charge in [0.15, 0.2) is 0 Å². The lowest BCUT2D eigenvalue weighted by molar-refractivity contribution is 0.0438. The van der Waals surface area contributed by atoms with Crippen LogP contribution in [-0.4, -0.2) is 39.6 Å². The normalized spacial score (nSPS) is 23.2. The number of likely N-dealkylation sites (tertiary alicyclic amines) is 1. The van der Waals surface area contributed by atoms with E-state index < -0.39 is 5.60 Å². The average Bonchev–Trinajstić information content (AvgIpc) is 2.59. The molecular weight excluding hydrogens is 272 g/mol. The highest BCUT2D eigenvalue weighted by atomic mass is 32.1. The molecule has 1 saturated heterocycles. The summed E-state index contributed by atoms with van der Waals surface area (Å²) in [5.74, 6) is -0.00260. The molecule has 1 amide bonds. The molecule has 1 atom stereocenters. The van der Waals surface area contributed by atoms with Crippen LogP contribution in [0.1, 0.15) is 42.1 Å². The number of aliphatic hydroxyl groups is 1. The van der Waals surface area contributed by atoms with Gasteiger partial charge in [-0.3, -0.25) is 4.79 Å². The molecular formula is C15H20N2O2S. The van der Waals surface area contributed by atoms with Crippen molar-refractivity contribution < 1.29 is 9.90 Å². The van der Waals surface area contributed by atoms with Crippen LogP contribution in [0.15, 0.2) is 24.3 Å². The largest absolute Gasteiger partial charge is 0.390 e. The van der Waals surface area contributed by atoms with Crippen LogP contribution in [0, 0.1) is 0 Å². The van der Waals surface area contributed by atoms with Crippen LogP contribution >= 0.6 is 12.2 Å². The number of benzene rings is 1. The monoisotopic (exact) mass is 292 g/mol. The number of nitrogens with two attached hydrogens (primary N) is 1. The van der Waals surface area contributed by atoms with Crippen LogP contribution < -0.4 is 5.73 Å². The summed E-state index contributed by atoms with van der Waals surface area (Å²) >= 11 is 4.89. The molecule has 4 nitrogen and oxygen atoms in total. The molecule has 1 aromatic rings. The predicted molar refractivity (Wildman–Crippen MR) is 82.7 cm³/mol. The Kier molecular flexibility index (Phi) is 4.40. The second-order valence-electron chi connectivity index (χ2n) is 5.58. The third-order valence-electron chi connectivity index (χ3n) is 3.77. The van der Waals surface area contributed by atoms with Crippen LogP contribution in [0.5, 0.6) is 0 Å². The van der Waals surface area contributed by atoms with Gasteiger partial charge >= 0.3 is 0 Å². The van der Waals surface area contributed by atoms with E-state index in [0.717, 1.165) is 18.4 Å². The highest BCUT2D eigenvalue weighted by Gasteiger charge is 2.27. The van der Waals surface area contributed by atoms with Gasteiger partial charge in [0.2, 0.25) is 0 Å². The second-order valence-corrected chi connectivity index (χ2v) is 6.02. The summed E-state index contributed by atoms with van der Waals surface area (Å²) in [6.07, 6.45) is 2.17. The molecule has 1 aliphatic heterocycles. The lowest BCUT2D eigenvalue weighted by Gasteiger charge is -2.22. The van der Waals surface area contributed by atoms with Crippen LogP contribution in [-0.2, 0) is 0 Å². The summed E-state index contributed by atoms with van der Waals surface area (Å²) in [4.78, 5) is 14.6. The fourth-order valence-corrected chi connectivity index (χ4v) is 2.56. The maximum Gasteiger partial charge on any atom is 0.253 e. The number of nitrogens with zero attached hydrogens (tertiary/aromatic N) is 1. The first-order chi connectivity index (χ1) is 9.39. The van der Waals surface area contributed by atoms with E-state index in [4.69, 9.17) is 18.0 Å². The molecule has 108 valence electrons. The number of carbonyl (C=O) groups is 1. The highest BCUT2D eigenvalue weighted by molar-refractivity contribution is 7.80. The van der Waals surface area contributed by atoms with Crippen LogP contribution in [0.25, 0.3) is 0 Å². The minimum absolute atomic E-state index is 0.00260. The lowest BCUT2D eigenvalue weighted by atomic mass is 9.98. The first kappa shape index (κ1) is 14.9. The fraction of sp³-hybridized carbons (Fsp3) is 0.467. The molecule has 0 spiro atoms. The summed E-state index contributed by atoms with van der Waals surface area (Å²) in [7, 11) is 0. The second kappa shape index (κ2) is 5.89. The van der Waals surface area contributed by atoms with Gasteiger partial charge in [0.1, 0.15) is 4.99 Å². The predicted octanol–water partition coefficient (Wildman–Crippen LogP) is 1.70. The highest BCUT2D eigenvalue weighted by Crippen LogP contribution is 2.22. The molecule has 0 aliphatic carbocycles. The summed E-state index contributed by atoms with van der Waals surface area (Å²) in [6, 6.07) is 7.03. The van der Waals surface area contributed by atoms with E-state index in [9.17, 15) is 9.90 Å². The lowest BCUT2D eigenvalue weighted by Crippen LogP contribution is -2.33. The van der Waals surface area contributed by atoms with Crippen molar-refractivity contribution in [3.8, 4) is 0 Å². The van der Waals surface area contributed by atoms with Crippen molar-refractivity contribution >= 4 is 23.1 Å². The van der Waals surface area contributed by atoms with Crippen molar-refractivity contribution in [3.63, 3.8) is 0 Å². The van der Waals surface area contributed by atoms with Gasteiger partial charge in [-0.25, -0.2) is 0 Å². The van der Waals surface area contributed by atoms with Gasteiger partial charge in [-0.1, -0.05) is 24.4 Å². The summed E-state index contributed by atoms with van der Waals surface area (Å²) in [6.45, 7) is 3.10. The van der Waals surface area contributed by atoms with Gasteiger partial charge in [0, 0.05) is 24.2 Å². The fourth-order valence-electron chi connectivity index (χ4n) is 2.43. The van der Waals surface area contributed by atoms with Crippen molar-refractivity contribution in [2.24, 2.45) is 5.73 Å². The zero-order chi connectivity index (χ0) is 14.8. The minimum Gasteiger partial charge on any atom is -0.390 e. The molecule has 0 saturated carbocycles. The molecule has 20 heavy (non-hydrogen) atoms. The quantitative estimate of drug-likeness (QED) is 0.814. The molecule has 1 heterocycles. The van der Waals surface area contributed by atoms with Crippen molar-refractivity contribution in [2.45, 2.75) is 31.8 Å². The number of hydrogen-bond donors (Lipinski definition) is 2. The molecule has 0 bridgehead atoms. The number of thiocarbonyl (C=S) groups is 1. The van der Waals surface area contributed by atoms with Crippen LogP contribution in [0.3, 0.4) is 0 Å². The number of carbonyl (C=O) groups excluding carboxylic acids is 1. The summed E-state index contributed by atoms with van der Waals surface area (Å²) in [5.41, 5.74) is 6.27. The maximum atomic E-state index is 12.4. The molecule has 1 aliphatic rings. The van der Waals surface area contributed by atoms with Gasteiger partial charge in [-0.05, 0) is 38.3 Å². The van der Waals surface area contributed by atoms with Crippen molar-refractivity contribution in [2.75, 3.05) is 13.1 Å². The first-order valence-electron chi connectivity index (χ1n) is 6.81. The Bertz CT molecular complexity index is 511. The van der Waals surface area contributed by atoms with E-state index in [1.807, 2.05) is 6.92 Å². The van der Waals surface area contributed by atoms with Crippen molar-refractivity contribution in [3.05, 3.63) is 35.4 Å². The standard InChI is InChI=1S/C15H20N2O2S/c1-15(19)7-2-9-17(10-8-15)14(18)12-5-3-11(4-6-12)13(16)20/h3-6,19H,2,7-10H2,1H3,(H2,16,20). The Hall–Kier alpha value is -1.46. The first-order valence-corrected chi connectivity index (χ1v) is 7.21. The summed E-state index contributed by atoms with van der Waals surface area (Å²) < 4.78 is 0. The van der Waals surface area contributed by atoms with E-state index in [1.54, 1.807) is 29.2 Å². The number of amides is 1. The van der Waals surface area contributed by atoms with Gasteiger partial charge in [0.05, 0.1) is 5.60 Å². The van der Waals surface area contributed by atoms with E-state index in [0.29, 0.717) is 30.1 Å². The zero-order valence-corrected chi connectivity index (χ0v) is 12.4. The average molecular weight is 292 g/mol. The Morgan fingerprint density at radius 2 is 1.85 bits per heavy atom. The van der Waals surface area contributed by atoms with Crippen molar-refractivity contribution in [1.82, 2.24) is 4.90 Å². The van der Waals surface area contributed by atoms with Crippen LogP contribution in [0.2, 0.25) is 0 Å². The van der Waals surface area contributed by atoms with E-state index in [2.05, 4.69) is 0 Å². The molecule has 1 fully saturated rings. The maximum absolute atomic E-state index is 12.4. The van der Waals surface area contributed by atoms with E-state index >= 15 is 0 Å². The van der Waals surface area contributed by atoms with E-state index in [-0.39, 0.29) is 5.91 Å². The van der Waals surface area contributed by atoms with Crippen molar-refractivity contribution in [1.29, 1.82) is 0 Å². The molecule has 1 unspecified atom stereocenters. The van der Waals surface area contributed by atoms with Gasteiger partial charge in [-0.2, -0.15) is 0 Å². The molecule has 1 aromatic carbocycles. The zero-order valence-electron chi connectivity index (χ0n) is 11.6. The third-order valence-corrected chi connectivity index (χ3v) is 4.00. The van der Waals surface area contributed by atoms with Gasteiger partial charge in [-0.15, -0.1) is 0 Å². The van der Waals surface area contributed by atoms with Gasteiger partial charge < -0.3 is 15.7 Å². The molecule has 0 aromatic heterocycles. The molecule has 0 radical (unpaired) electrons. The summed E-state index contributed by atoms with van der Waals surface area (Å²) in [5, 5.41) is 10.1. The SMILES string of the molecule is CC1(O)CCCN(C(=O)c2ccc(C(N)=S)cc2)CC1. The van der Waals surface area contributed by atoms with E-state index in [1.165, 1.54) is 0 Å². The Morgan fingerprint density at radius 3 is 2.45 bits per heavy atom. The molecule has 5 heteroatoms. The Morgan fingerprint density at radius 1 is 1.25 bits per heavy atom.